The van der Waals surface area contributed by atoms with Crippen molar-refractivity contribution in [2.24, 2.45) is 10.4 Å². The van der Waals surface area contributed by atoms with Crippen LogP contribution in [0.5, 0.6) is 0 Å². The van der Waals surface area contributed by atoms with Crippen LogP contribution in [-0.2, 0) is 11.4 Å². The van der Waals surface area contributed by atoms with Crippen molar-refractivity contribution in [3.8, 4) is 0 Å². The second-order valence-corrected chi connectivity index (χ2v) is 4.82. The fourth-order valence-electron chi connectivity index (χ4n) is 1.87. The highest BCUT2D eigenvalue weighted by Crippen LogP contribution is 2.07. The summed E-state index contributed by atoms with van der Waals surface area (Å²) in [4.78, 5) is 9.69. The summed E-state index contributed by atoms with van der Waals surface area (Å²) in [6.07, 6.45) is 0. The maximum atomic E-state index is 8.09. The zero-order chi connectivity index (χ0) is 16.7. The maximum Gasteiger partial charge on any atom is 0.172 e. The first kappa shape index (κ1) is 16.3. The number of likely N-dealkylation sites (N-methyl/N-ethyl adjacent to an activating group) is 1. The zero-order valence-electron chi connectivity index (χ0n) is 13.0. The third-order valence-corrected chi connectivity index (χ3v) is 3.06. The number of hydrogen-bond acceptors (Lipinski definition) is 6. The minimum Gasteiger partial charge on any atom is -0.389 e. The van der Waals surface area contributed by atoms with E-state index in [1.54, 1.807) is 0 Å². The van der Waals surface area contributed by atoms with Crippen molar-refractivity contribution in [2.45, 2.75) is 13.5 Å². The van der Waals surface area contributed by atoms with Gasteiger partial charge in [-0.15, -0.1) is 0 Å². The zero-order valence-corrected chi connectivity index (χ0v) is 13.0. The molecule has 0 radical (unpaired) electrons. The number of aryl methyl sites for hydroxylation is 1. The lowest BCUT2D eigenvalue weighted by atomic mass is 10.1. The van der Waals surface area contributed by atoms with E-state index in [9.17, 15) is 0 Å². The summed E-state index contributed by atoms with van der Waals surface area (Å²) >= 11 is 0. The van der Waals surface area contributed by atoms with Crippen LogP contribution in [0.15, 0.2) is 58.9 Å². The van der Waals surface area contributed by atoms with Crippen LogP contribution < -0.4 is 0 Å². The van der Waals surface area contributed by atoms with Gasteiger partial charge in [0, 0.05) is 18.3 Å². The molecule has 7 nitrogen and oxygen atoms in total. The van der Waals surface area contributed by atoms with Gasteiger partial charge >= 0.3 is 0 Å². The molecule has 1 heterocycles. The molecule has 0 saturated carbocycles. The molecule has 0 aliphatic heterocycles. The Hall–Kier alpha value is -3.09. The van der Waals surface area contributed by atoms with Gasteiger partial charge in [0.25, 0.3) is 0 Å². The molecule has 0 bridgehead atoms. The van der Waals surface area contributed by atoms with Gasteiger partial charge in [0.1, 0.15) is 0 Å². The van der Waals surface area contributed by atoms with Crippen molar-refractivity contribution in [2.75, 3.05) is 7.05 Å². The van der Waals surface area contributed by atoms with Crippen molar-refractivity contribution in [3.05, 3.63) is 65.5 Å². The van der Waals surface area contributed by atoms with E-state index in [1.807, 2.05) is 55.5 Å². The monoisotopic (exact) mass is 310 g/mol. The average molecular weight is 310 g/mol. The highest BCUT2D eigenvalue weighted by atomic mass is 16.6. The third-order valence-electron chi connectivity index (χ3n) is 3.06. The molecule has 0 spiro atoms. The van der Waals surface area contributed by atoms with Crippen LogP contribution in [0.2, 0.25) is 0 Å². The van der Waals surface area contributed by atoms with Crippen LogP contribution in [0.3, 0.4) is 0 Å². The molecular weight excluding hydrogens is 292 g/mol. The molecule has 1 aromatic carbocycles. The summed E-state index contributed by atoms with van der Waals surface area (Å²) in [6.45, 7) is 2.11. The van der Waals surface area contributed by atoms with E-state index in [1.165, 1.54) is 7.05 Å². The van der Waals surface area contributed by atoms with E-state index in [0.29, 0.717) is 11.3 Å². The quantitative estimate of drug-likeness (QED) is 0.371. The molecule has 23 heavy (non-hydrogen) atoms. The Labute approximate surface area is 134 Å². The number of nitrogens with zero attached hydrogens (tertiary/aromatic N) is 4. The van der Waals surface area contributed by atoms with Crippen LogP contribution in [0.1, 0.15) is 17.0 Å². The lowest BCUT2D eigenvalue weighted by molar-refractivity contribution is 0.128. The van der Waals surface area contributed by atoms with Crippen LogP contribution in [0, 0.1) is 17.9 Å². The van der Waals surface area contributed by atoms with Gasteiger partial charge in [-0.05, 0) is 19.1 Å². The number of rotatable bonds is 6. The molecule has 2 N–H and O–H groups in total. The first-order valence-corrected chi connectivity index (χ1v) is 6.99. The number of nitrogens with one attached hydrogen (secondary N) is 2. The molecule has 0 aliphatic carbocycles. The van der Waals surface area contributed by atoms with E-state index < -0.39 is 0 Å². The molecule has 0 unspecified atom stereocenters. The van der Waals surface area contributed by atoms with Gasteiger partial charge in [-0.2, -0.15) is 5.53 Å². The summed E-state index contributed by atoms with van der Waals surface area (Å²) in [5, 5.41) is 16.5. The summed E-state index contributed by atoms with van der Waals surface area (Å²) in [7, 11) is 1.51. The van der Waals surface area contributed by atoms with Crippen LogP contribution in [0.4, 0.5) is 0 Å². The van der Waals surface area contributed by atoms with Gasteiger partial charge in [0.05, 0.1) is 5.69 Å². The molecular formula is C16H18N6O. The van der Waals surface area contributed by atoms with E-state index >= 15 is 0 Å². The van der Waals surface area contributed by atoms with E-state index in [4.69, 9.17) is 15.8 Å². The molecule has 1 aromatic heterocycles. The number of aromatic nitrogens is 1. The van der Waals surface area contributed by atoms with Crippen molar-refractivity contribution >= 4 is 11.5 Å². The Morgan fingerprint density at radius 1 is 1.17 bits per heavy atom. The maximum absolute atomic E-state index is 8.09. The van der Waals surface area contributed by atoms with Gasteiger partial charge in [-0.3, -0.25) is 10.4 Å². The Morgan fingerprint density at radius 2 is 1.91 bits per heavy atom. The smallest absolute Gasteiger partial charge is 0.172 e. The average Bonchev–Trinajstić information content (AvgIpc) is 2.58. The summed E-state index contributed by atoms with van der Waals surface area (Å²) < 4.78 is 0. The number of pyridine rings is 1. The molecule has 0 saturated heterocycles. The highest BCUT2D eigenvalue weighted by molar-refractivity contribution is 6.46. The van der Waals surface area contributed by atoms with E-state index in [0.717, 1.165) is 16.4 Å². The molecule has 2 aromatic rings. The minimum absolute atomic E-state index is 0.0246. The predicted octanol–water partition coefficient (Wildman–Crippen LogP) is 3.17. The van der Waals surface area contributed by atoms with Gasteiger partial charge in [-0.25, -0.2) is 5.01 Å². The predicted molar refractivity (Wildman–Crippen MR) is 87.4 cm³/mol. The number of oxime groups is 1. The Balaban J connectivity index is 2.19. The molecule has 0 fully saturated rings. The van der Waals surface area contributed by atoms with E-state index in [-0.39, 0.29) is 12.4 Å². The third kappa shape index (κ3) is 4.44. The SMILES string of the molecule is Cc1cccc(CO/N=C(\C(=N)N(C)N=N)c2ccccc2)n1. The van der Waals surface area contributed by atoms with Crippen molar-refractivity contribution < 1.29 is 4.84 Å². The first-order chi connectivity index (χ1) is 11.1. The normalized spacial score (nSPS) is 11.0. The van der Waals surface area contributed by atoms with Gasteiger partial charge in [-0.1, -0.05) is 46.8 Å². The largest absolute Gasteiger partial charge is 0.389 e. The number of amidine groups is 1. The summed E-state index contributed by atoms with van der Waals surface area (Å²) in [5.74, 6) is -0.0246. The fourth-order valence-corrected chi connectivity index (χ4v) is 1.87. The van der Waals surface area contributed by atoms with Crippen molar-refractivity contribution in [1.29, 1.82) is 10.9 Å². The van der Waals surface area contributed by atoms with Crippen LogP contribution in [-0.4, -0.2) is 28.6 Å². The Kier molecular flexibility index (Phi) is 5.51. The number of hydrogen-bond donors (Lipinski definition) is 2. The van der Waals surface area contributed by atoms with Crippen LogP contribution in [0.25, 0.3) is 0 Å². The number of benzene rings is 1. The lowest BCUT2D eigenvalue weighted by Crippen LogP contribution is -2.29. The van der Waals surface area contributed by atoms with Gasteiger partial charge in [0.2, 0.25) is 0 Å². The minimum atomic E-state index is -0.0246. The van der Waals surface area contributed by atoms with Gasteiger partial charge < -0.3 is 4.84 Å². The molecule has 2 rings (SSSR count). The van der Waals surface area contributed by atoms with Gasteiger partial charge in [0.15, 0.2) is 18.2 Å². The standard InChI is InChI=1S/C16H18N6O/c1-12-7-6-10-14(19-12)11-23-20-15(16(17)22(2)21-18)13-8-4-3-5-9-13/h3-10,17-18H,11H2,1-2H3/b17-16?,20-15-,21-18?. The fraction of sp³-hybridized carbons (Fsp3) is 0.188. The second kappa shape index (κ2) is 7.79. The topological polar surface area (TPSA) is 97.8 Å². The highest BCUT2D eigenvalue weighted by Gasteiger charge is 2.15. The summed E-state index contributed by atoms with van der Waals surface area (Å²) in [6, 6.07) is 14.9. The molecule has 118 valence electrons. The molecule has 0 atom stereocenters. The first-order valence-electron chi connectivity index (χ1n) is 6.99. The van der Waals surface area contributed by atoms with Crippen LogP contribution >= 0.6 is 0 Å². The van der Waals surface area contributed by atoms with Crippen molar-refractivity contribution in [3.63, 3.8) is 0 Å². The Bertz CT molecular complexity index is 714. The summed E-state index contributed by atoms with van der Waals surface area (Å²) in [5.41, 5.74) is 9.71. The second-order valence-electron chi connectivity index (χ2n) is 4.82. The molecule has 7 heteroatoms. The molecule has 0 aliphatic rings. The Morgan fingerprint density at radius 3 is 2.57 bits per heavy atom. The van der Waals surface area contributed by atoms with E-state index in [2.05, 4.69) is 15.4 Å². The lowest BCUT2D eigenvalue weighted by Gasteiger charge is -2.13. The van der Waals surface area contributed by atoms with Crippen molar-refractivity contribution in [1.82, 2.24) is 9.99 Å². The molecule has 0 amide bonds.